The molecule has 3 heterocycles. The van der Waals surface area contributed by atoms with Crippen molar-refractivity contribution >= 4 is 11.8 Å². The van der Waals surface area contributed by atoms with E-state index in [-0.39, 0.29) is 17.7 Å². The molecule has 2 aliphatic rings. The van der Waals surface area contributed by atoms with Gasteiger partial charge in [0.1, 0.15) is 11.8 Å². The first-order valence-electron chi connectivity index (χ1n) is 8.54. The number of benzene rings is 1. The highest BCUT2D eigenvalue weighted by Gasteiger charge is 2.57. The van der Waals surface area contributed by atoms with Gasteiger partial charge in [0.05, 0.1) is 11.1 Å². The summed E-state index contributed by atoms with van der Waals surface area (Å²) in [6, 6.07) is 10.1. The number of rotatable bonds is 2. The molecule has 0 N–H and O–H groups in total. The van der Waals surface area contributed by atoms with Gasteiger partial charge in [0.15, 0.2) is 0 Å². The van der Waals surface area contributed by atoms with Crippen molar-refractivity contribution in [1.82, 2.24) is 15.0 Å². The Labute approximate surface area is 146 Å². The van der Waals surface area contributed by atoms with Gasteiger partial charge in [0, 0.05) is 32.6 Å². The van der Waals surface area contributed by atoms with E-state index in [0.717, 1.165) is 5.56 Å². The van der Waals surface area contributed by atoms with Gasteiger partial charge in [-0.05, 0) is 18.9 Å². The third-order valence-electron chi connectivity index (χ3n) is 5.67. The van der Waals surface area contributed by atoms with E-state index in [2.05, 4.69) is 17.3 Å². The maximum Gasteiger partial charge on any atom is 0.259 e. The van der Waals surface area contributed by atoms with Gasteiger partial charge in [-0.25, -0.2) is 0 Å². The molecule has 1 spiro atoms. The van der Waals surface area contributed by atoms with Crippen LogP contribution in [0.1, 0.15) is 34.0 Å². The minimum absolute atomic E-state index is 0.104. The number of amides is 2. The van der Waals surface area contributed by atoms with Gasteiger partial charge in [-0.2, -0.15) is 0 Å². The van der Waals surface area contributed by atoms with E-state index in [1.807, 2.05) is 25.2 Å². The second kappa shape index (κ2) is 5.72. The molecule has 0 aliphatic carbocycles. The molecule has 0 radical (unpaired) electrons. The summed E-state index contributed by atoms with van der Waals surface area (Å²) >= 11 is 0. The Kier molecular flexibility index (Phi) is 3.63. The van der Waals surface area contributed by atoms with Crippen LogP contribution in [0.5, 0.6) is 0 Å². The van der Waals surface area contributed by atoms with E-state index < -0.39 is 5.41 Å². The Morgan fingerprint density at radius 2 is 2.08 bits per heavy atom. The fourth-order valence-electron chi connectivity index (χ4n) is 4.30. The van der Waals surface area contributed by atoms with Gasteiger partial charge in [-0.1, -0.05) is 35.5 Å². The predicted octanol–water partition coefficient (Wildman–Crippen LogP) is 2.07. The fraction of sp³-hybridized carbons (Fsp3) is 0.421. The summed E-state index contributed by atoms with van der Waals surface area (Å²) in [5.74, 6) is 0.135. The van der Waals surface area contributed by atoms with Crippen molar-refractivity contribution in [2.45, 2.75) is 19.3 Å². The van der Waals surface area contributed by atoms with Gasteiger partial charge >= 0.3 is 0 Å². The Balaban J connectivity index is 1.65. The average molecular weight is 339 g/mol. The molecule has 2 amide bonds. The number of aromatic nitrogens is 1. The monoisotopic (exact) mass is 339 g/mol. The number of nitrogens with zero attached hydrogens (tertiary/aromatic N) is 3. The summed E-state index contributed by atoms with van der Waals surface area (Å²) in [4.78, 5) is 29.4. The van der Waals surface area contributed by atoms with Crippen LogP contribution in [0.2, 0.25) is 0 Å². The first kappa shape index (κ1) is 15.9. The normalized spacial score (nSPS) is 26.0. The smallest absolute Gasteiger partial charge is 0.259 e. The Morgan fingerprint density at radius 3 is 2.76 bits per heavy atom. The Bertz CT molecular complexity index is 816. The zero-order chi connectivity index (χ0) is 17.6. The number of likely N-dealkylation sites (N-methyl/N-ethyl adjacent to an activating group) is 1. The number of aryl methyl sites for hydroxylation is 1. The highest BCUT2D eigenvalue weighted by atomic mass is 16.5. The first-order chi connectivity index (χ1) is 12.0. The Morgan fingerprint density at radius 1 is 1.32 bits per heavy atom. The van der Waals surface area contributed by atoms with Gasteiger partial charge in [0.2, 0.25) is 5.91 Å². The molecule has 4 rings (SSSR count). The molecule has 2 aliphatic heterocycles. The van der Waals surface area contributed by atoms with Crippen LogP contribution in [0.3, 0.4) is 0 Å². The van der Waals surface area contributed by atoms with Crippen LogP contribution < -0.4 is 0 Å². The summed E-state index contributed by atoms with van der Waals surface area (Å²) in [5.41, 5.74) is 1.69. The van der Waals surface area contributed by atoms with Crippen molar-refractivity contribution in [3.05, 3.63) is 53.4 Å². The summed E-state index contributed by atoms with van der Waals surface area (Å²) in [6.07, 6.45) is 2.08. The number of hydrogen-bond donors (Lipinski definition) is 0. The van der Waals surface area contributed by atoms with Crippen LogP contribution in [0.4, 0.5) is 0 Å². The van der Waals surface area contributed by atoms with Gasteiger partial charge in [-0.15, -0.1) is 0 Å². The number of carbonyl (C=O) groups excluding carboxylic acids is 2. The van der Waals surface area contributed by atoms with Crippen LogP contribution in [0, 0.1) is 12.3 Å². The quantitative estimate of drug-likeness (QED) is 0.840. The van der Waals surface area contributed by atoms with Gasteiger partial charge in [0.25, 0.3) is 5.91 Å². The SMILES string of the molecule is Cc1nocc1C(=O)N1CCC2(C1)C(=O)N(C)CC2c1ccccc1. The zero-order valence-electron chi connectivity index (χ0n) is 14.4. The molecule has 1 aromatic heterocycles. The average Bonchev–Trinajstić information content (AvgIpc) is 3.31. The lowest BCUT2D eigenvalue weighted by molar-refractivity contribution is -0.134. The first-order valence-corrected chi connectivity index (χ1v) is 8.54. The highest BCUT2D eigenvalue weighted by molar-refractivity contribution is 5.96. The predicted molar refractivity (Wildman–Crippen MR) is 91.0 cm³/mol. The third kappa shape index (κ3) is 2.35. The zero-order valence-corrected chi connectivity index (χ0v) is 14.4. The molecule has 2 unspecified atom stereocenters. The molecule has 2 saturated heterocycles. The minimum Gasteiger partial charge on any atom is -0.364 e. The molecule has 25 heavy (non-hydrogen) atoms. The molecule has 0 bridgehead atoms. The molecule has 6 nitrogen and oxygen atoms in total. The van der Waals surface area contributed by atoms with Crippen molar-refractivity contribution in [3.63, 3.8) is 0 Å². The van der Waals surface area contributed by atoms with Gasteiger partial charge in [-0.3, -0.25) is 9.59 Å². The maximum atomic E-state index is 13.0. The van der Waals surface area contributed by atoms with E-state index in [1.165, 1.54) is 6.26 Å². The van der Waals surface area contributed by atoms with Gasteiger partial charge < -0.3 is 14.3 Å². The maximum absolute atomic E-state index is 13.0. The van der Waals surface area contributed by atoms with Crippen LogP contribution in [0.15, 0.2) is 41.1 Å². The lowest BCUT2D eigenvalue weighted by Crippen LogP contribution is -2.39. The fourth-order valence-corrected chi connectivity index (χ4v) is 4.30. The molecular formula is C19H21N3O3. The third-order valence-corrected chi connectivity index (χ3v) is 5.67. The lowest BCUT2D eigenvalue weighted by atomic mass is 9.73. The molecule has 6 heteroatoms. The molecule has 130 valence electrons. The Hall–Kier alpha value is -2.63. The summed E-state index contributed by atoms with van der Waals surface area (Å²) in [6.45, 7) is 3.46. The van der Waals surface area contributed by atoms with Crippen LogP contribution in [-0.4, -0.2) is 53.5 Å². The summed E-state index contributed by atoms with van der Waals surface area (Å²) < 4.78 is 4.90. The van der Waals surface area contributed by atoms with Crippen molar-refractivity contribution in [1.29, 1.82) is 0 Å². The van der Waals surface area contributed by atoms with Crippen LogP contribution in [0.25, 0.3) is 0 Å². The van der Waals surface area contributed by atoms with E-state index in [4.69, 9.17) is 4.52 Å². The second-order valence-electron chi connectivity index (χ2n) is 7.10. The topological polar surface area (TPSA) is 66.7 Å². The molecule has 2 fully saturated rings. The summed E-state index contributed by atoms with van der Waals surface area (Å²) in [5, 5.41) is 3.79. The number of carbonyl (C=O) groups is 2. The van der Waals surface area contributed by atoms with Crippen molar-refractivity contribution in [2.24, 2.45) is 5.41 Å². The highest BCUT2D eigenvalue weighted by Crippen LogP contribution is 2.49. The summed E-state index contributed by atoms with van der Waals surface area (Å²) in [7, 11) is 1.85. The van der Waals surface area contributed by atoms with E-state index >= 15 is 0 Å². The number of hydrogen-bond acceptors (Lipinski definition) is 4. The van der Waals surface area contributed by atoms with E-state index in [0.29, 0.717) is 37.3 Å². The van der Waals surface area contributed by atoms with E-state index in [9.17, 15) is 9.59 Å². The van der Waals surface area contributed by atoms with Crippen molar-refractivity contribution < 1.29 is 14.1 Å². The largest absolute Gasteiger partial charge is 0.364 e. The second-order valence-corrected chi connectivity index (χ2v) is 7.10. The van der Waals surface area contributed by atoms with Crippen LogP contribution in [-0.2, 0) is 4.79 Å². The van der Waals surface area contributed by atoms with E-state index in [1.54, 1.807) is 16.7 Å². The molecule has 1 aromatic carbocycles. The molecule has 2 atom stereocenters. The lowest BCUT2D eigenvalue weighted by Gasteiger charge is -2.28. The standard InChI is InChI=1S/C19H21N3O3/c1-13-15(11-25-20-13)17(23)22-9-8-19(12-22)16(10-21(2)18(19)24)14-6-4-3-5-7-14/h3-7,11,16H,8-10,12H2,1-2H3. The molecule has 2 aromatic rings. The minimum atomic E-state index is -0.531. The number of likely N-dealkylation sites (tertiary alicyclic amines) is 2. The van der Waals surface area contributed by atoms with Crippen molar-refractivity contribution in [3.8, 4) is 0 Å². The van der Waals surface area contributed by atoms with Crippen LogP contribution >= 0.6 is 0 Å². The van der Waals surface area contributed by atoms with Crippen molar-refractivity contribution in [2.75, 3.05) is 26.7 Å². The molecule has 0 saturated carbocycles. The molecular weight excluding hydrogens is 318 g/mol.